The number of ether oxygens (including phenoxy) is 1. The van der Waals surface area contributed by atoms with Crippen LogP contribution in [0.2, 0.25) is 0 Å². The number of benzene rings is 2. The van der Waals surface area contributed by atoms with Crippen molar-refractivity contribution in [3.63, 3.8) is 0 Å². The summed E-state index contributed by atoms with van der Waals surface area (Å²) >= 11 is 0. The summed E-state index contributed by atoms with van der Waals surface area (Å²) in [5.74, 6) is 1.49. The van der Waals surface area contributed by atoms with Crippen molar-refractivity contribution in [3.8, 4) is 5.75 Å². The number of tetrazole rings is 1. The molecular weight excluding hydrogens is 428 g/mol. The average Bonchev–Trinajstić information content (AvgIpc) is 3.29. The Balaban J connectivity index is 1.60. The van der Waals surface area contributed by atoms with E-state index in [0.29, 0.717) is 17.9 Å². The Bertz CT molecular complexity index is 1350. The van der Waals surface area contributed by atoms with Gasteiger partial charge in [0.2, 0.25) is 0 Å². The van der Waals surface area contributed by atoms with Gasteiger partial charge in [-0.05, 0) is 91.0 Å². The number of H-pyrrole nitrogens is 1. The van der Waals surface area contributed by atoms with Gasteiger partial charge in [0.1, 0.15) is 11.8 Å². The minimum absolute atomic E-state index is 0.0889. The maximum atomic E-state index is 13.4. The van der Waals surface area contributed by atoms with Gasteiger partial charge in [-0.15, -0.1) is 5.10 Å². The molecule has 176 valence electrons. The van der Waals surface area contributed by atoms with E-state index >= 15 is 0 Å². The van der Waals surface area contributed by atoms with Gasteiger partial charge in [0, 0.05) is 5.56 Å². The molecule has 0 amide bonds. The van der Waals surface area contributed by atoms with Gasteiger partial charge in [-0.3, -0.25) is 9.69 Å². The summed E-state index contributed by atoms with van der Waals surface area (Å²) < 4.78 is 7.09. The van der Waals surface area contributed by atoms with Crippen LogP contribution in [0.15, 0.2) is 47.3 Å². The van der Waals surface area contributed by atoms with Gasteiger partial charge in [-0.1, -0.05) is 30.2 Å². The summed E-state index contributed by atoms with van der Waals surface area (Å²) in [7, 11) is 1.65. The first-order chi connectivity index (χ1) is 16.5. The topological polar surface area (TPSA) is 88.9 Å². The van der Waals surface area contributed by atoms with Crippen molar-refractivity contribution in [2.24, 2.45) is 0 Å². The van der Waals surface area contributed by atoms with E-state index in [9.17, 15) is 4.79 Å². The lowest BCUT2D eigenvalue weighted by atomic mass is 9.99. The molecule has 1 N–H and O–H groups in total. The number of likely N-dealkylation sites (tertiary alicyclic amines) is 1. The average molecular weight is 459 g/mol. The van der Waals surface area contributed by atoms with Crippen LogP contribution in [0.3, 0.4) is 0 Å². The summed E-state index contributed by atoms with van der Waals surface area (Å²) in [6, 6.07) is 13.8. The SMILES string of the molecule is COc1ccc(Cn2nnnc2[C@@H](c2cc3cc(C)cc(C)c3[nH]c2=O)N2CCCCC2)cc1. The normalized spacial score (nSPS) is 15.5. The zero-order valence-electron chi connectivity index (χ0n) is 19.9. The number of nitrogens with one attached hydrogen (secondary N) is 1. The Morgan fingerprint density at radius 2 is 1.82 bits per heavy atom. The fourth-order valence-corrected chi connectivity index (χ4v) is 5.01. The van der Waals surface area contributed by atoms with Gasteiger partial charge >= 0.3 is 0 Å². The number of pyridine rings is 1. The number of hydrogen-bond acceptors (Lipinski definition) is 6. The van der Waals surface area contributed by atoms with E-state index in [4.69, 9.17) is 4.74 Å². The molecule has 1 aliphatic heterocycles. The molecule has 4 aromatic rings. The smallest absolute Gasteiger partial charge is 0.253 e. The second-order valence-electron chi connectivity index (χ2n) is 9.14. The van der Waals surface area contributed by atoms with E-state index < -0.39 is 0 Å². The number of fused-ring (bicyclic) bond motifs is 1. The van der Waals surface area contributed by atoms with Gasteiger partial charge in [-0.25, -0.2) is 4.68 Å². The van der Waals surface area contributed by atoms with Crippen LogP contribution in [0, 0.1) is 13.8 Å². The molecule has 2 aromatic heterocycles. The lowest BCUT2D eigenvalue weighted by Crippen LogP contribution is -2.38. The third-order valence-corrected chi connectivity index (χ3v) is 6.67. The molecule has 1 aliphatic rings. The molecule has 34 heavy (non-hydrogen) atoms. The summed E-state index contributed by atoms with van der Waals surface area (Å²) in [6.07, 6.45) is 3.40. The second kappa shape index (κ2) is 9.38. The van der Waals surface area contributed by atoms with Gasteiger partial charge < -0.3 is 9.72 Å². The first-order valence-electron chi connectivity index (χ1n) is 11.8. The molecule has 0 spiro atoms. The summed E-state index contributed by atoms with van der Waals surface area (Å²) in [5.41, 5.74) is 4.78. The monoisotopic (exact) mass is 458 g/mol. The van der Waals surface area contributed by atoms with E-state index in [1.807, 2.05) is 41.9 Å². The highest BCUT2D eigenvalue weighted by molar-refractivity contribution is 5.83. The molecule has 1 atom stereocenters. The Labute approximate surface area is 198 Å². The first-order valence-corrected chi connectivity index (χ1v) is 11.8. The lowest BCUT2D eigenvalue weighted by molar-refractivity contribution is 0.177. The van der Waals surface area contributed by atoms with Crippen molar-refractivity contribution in [2.75, 3.05) is 20.2 Å². The molecule has 1 saturated heterocycles. The van der Waals surface area contributed by atoms with Gasteiger partial charge in [-0.2, -0.15) is 0 Å². The lowest BCUT2D eigenvalue weighted by Gasteiger charge is -2.33. The number of aryl methyl sites for hydroxylation is 2. The maximum absolute atomic E-state index is 13.4. The van der Waals surface area contributed by atoms with E-state index in [1.165, 1.54) is 12.0 Å². The van der Waals surface area contributed by atoms with Crippen molar-refractivity contribution in [2.45, 2.75) is 45.7 Å². The van der Waals surface area contributed by atoms with Gasteiger partial charge in [0.05, 0.1) is 19.2 Å². The summed E-state index contributed by atoms with van der Waals surface area (Å²) in [6.45, 7) is 6.44. The molecule has 3 heterocycles. The predicted octanol–water partition coefficient (Wildman–Crippen LogP) is 3.76. The third kappa shape index (κ3) is 4.33. The van der Waals surface area contributed by atoms with Crippen LogP contribution in [0.1, 0.15) is 53.4 Å². The van der Waals surface area contributed by atoms with Crippen LogP contribution in [0.4, 0.5) is 0 Å². The van der Waals surface area contributed by atoms with Gasteiger partial charge in [0.25, 0.3) is 5.56 Å². The molecular formula is C26H30N6O2. The van der Waals surface area contributed by atoms with Crippen molar-refractivity contribution in [1.82, 2.24) is 30.1 Å². The molecule has 1 fully saturated rings. The second-order valence-corrected chi connectivity index (χ2v) is 9.14. The molecule has 8 heteroatoms. The number of hydrogen-bond donors (Lipinski definition) is 1. The molecule has 8 nitrogen and oxygen atoms in total. The molecule has 0 aliphatic carbocycles. The quantitative estimate of drug-likeness (QED) is 0.473. The number of piperidine rings is 1. The maximum Gasteiger partial charge on any atom is 0.253 e. The van der Waals surface area contributed by atoms with Crippen LogP contribution >= 0.6 is 0 Å². The number of rotatable bonds is 6. The molecule has 0 saturated carbocycles. The Kier molecular flexibility index (Phi) is 6.15. The minimum Gasteiger partial charge on any atom is -0.497 e. The molecule has 2 aromatic carbocycles. The summed E-state index contributed by atoms with van der Waals surface area (Å²) in [5, 5.41) is 13.8. The Hall–Kier alpha value is -3.52. The summed E-state index contributed by atoms with van der Waals surface area (Å²) in [4.78, 5) is 18.9. The third-order valence-electron chi connectivity index (χ3n) is 6.67. The van der Waals surface area contributed by atoms with Gasteiger partial charge in [0.15, 0.2) is 5.82 Å². The van der Waals surface area contributed by atoms with Crippen molar-refractivity contribution in [1.29, 1.82) is 0 Å². The molecule has 0 radical (unpaired) electrons. The Morgan fingerprint density at radius 1 is 1.06 bits per heavy atom. The first kappa shape index (κ1) is 22.3. The van der Waals surface area contributed by atoms with Crippen LogP contribution in [-0.2, 0) is 6.54 Å². The largest absolute Gasteiger partial charge is 0.497 e. The number of methoxy groups -OCH3 is 1. The number of aromatic amines is 1. The van der Waals surface area contributed by atoms with Crippen LogP contribution in [0.5, 0.6) is 5.75 Å². The number of nitrogens with zero attached hydrogens (tertiary/aromatic N) is 5. The molecule has 5 rings (SSSR count). The van der Waals surface area contributed by atoms with Crippen LogP contribution < -0.4 is 10.3 Å². The standard InChI is InChI=1S/C26H30N6O2/c1-17-13-18(2)23-20(14-17)15-22(26(33)27-23)24(31-11-5-4-6-12-31)25-28-29-30-32(25)16-19-7-9-21(34-3)10-8-19/h7-10,13-15,24H,4-6,11-12,16H2,1-3H3,(H,27,33)/t24-/m1/s1. The van der Waals surface area contributed by atoms with Crippen LogP contribution in [0.25, 0.3) is 10.9 Å². The number of aromatic nitrogens is 5. The zero-order valence-corrected chi connectivity index (χ0v) is 19.9. The minimum atomic E-state index is -0.317. The predicted molar refractivity (Wildman–Crippen MR) is 131 cm³/mol. The van der Waals surface area contributed by atoms with Crippen molar-refractivity contribution >= 4 is 10.9 Å². The van der Waals surface area contributed by atoms with E-state index in [2.05, 4.69) is 44.5 Å². The highest BCUT2D eigenvalue weighted by Crippen LogP contribution is 2.30. The van der Waals surface area contributed by atoms with E-state index in [-0.39, 0.29) is 11.6 Å². The fourth-order valence-electron chi connectivity index (χ4n) is 5.01. The highest BCUT2D eigenvalue weighted by atomic mass is 16.5. The molecule has 0 unspecified atom stereocenters. The van der Waals surface area contributed by atoms with E-state index in [0.717, 1.165) is 53.7 Å². The zero-order chi connectivity index (χ0) is 23.7. The van der Waals surface area contributed by atoms with Crippen molar-refractivity contribution in [3.05, 3.63) is 80.9 Å². The highest BCUT2D eigenvalue weighted by Gasteiger charge is 2.31. The Morgan fingerprint density at radius 3 is 2.56 bits per heavy atom. The fraction of sp³-hybridized carbons (Fsp3) is 0.385. The molecule has 0 bridgehead atoms. The van der Waals surface area contributed by atoms with Crippen LogP contribution in [-0.4, -0.2) is 50.3 Å². The van der Waals surface area contributed by atoms with E-state index in [1.54, 1.807) is 7.11 Å². The van der Waals surface area contributed by atoms with Crippen molar-refractivity contribution < 1.29 is 4.74 Å².